The summed E-state index contributed by atoms with van der Waals surface area (Å²) in [4.78, 5) is 4.81. The van der Waals surface area contributed by atoms with E-state index >= 15 is 0 Å². The number of methoxy groups -OCH3 is 1. The Balaban J connectivity index is 1.82. The second kappa shape index (κ2) is 6.06. The molecule has 0 radical (unpaired) electrons. The number of nitrogens with zero attached hydrogens (tertiary/aromatic N) is 1. The zero-order valence-electron chi connectivity index (χ0n) is 11.8. The van der Waals surface area contributed by atoms with Gasteiger partial charge in [-0.15, -0.1) is 0 Å². The van der Waals surface area contributed by atoms with Gasteiger partial charge >= 0.3 is 0 Å². The first-order chi connectivity index (χ1) is 9.86. The molecule has 0 aliphatic carbocycles. The number of nitrogens with one attached hydrogen (secondary N) is 1. The van der Waals surface area contributed by atoms with Crippen molar-refractivity contribution in [3.8, 4) is 5.75 Å². The first-order valence-electron chi connectivity index (χ1n) is 7.18. The van der Waals surface area contributed by atoms with E-state index in [9.17, 15) is 0 Å². The van der Waals surface area contributed by atoms with E-state index in [1.54, 1.807) is 7.11 Å². The highest BCUT2D eigenvalue weighted by molar-refractivity contribution is 5.36. The Kier molecular flexibility index (Phi) is 3.97. The minimum Gasteiger partial charge on any atom is -0.496 e. The Hall–Kier alpha value is -1.87. The van der Waals surface area contributed by atoms with E-state index in [2.05, 4.69) is 29.6 Å². The van der Waals surface area contributed by atoms with Gasteiger partial charge in [-0.05, 0) is 37.6 Å². The molecule has 2 aromatic rings. The third kappa shape index (κ3) is 2.83. The Bertz CT molecular complexity index is 577. The molecule has 1 aromatic carbocycles. The quantitative estimate of drug-likeness (QED) is 0.925. The van der Waals surface area contributed by atoms with Crippen molar-refractivity contribution in [2.24, 2.45) is 0 Å². The Morgan fingerprint density at radius 1 is 1.20 bits per heavy atom. The molecule has 0 saturated carbocycles. The Morgan fingerprint density at radius 3 is 2.90 bits per heavy atom. The molecule has 1 atom stereocenters. The van der Waals surface area contributed by atoms with Gasteiger partial charge in [-0.2, -0.15) is 0 Å². The molecule has 1 aromatic heterocycles. The topological polar surface area (TPSA) is 34.1 Å². The van der Waals surface area contributed by atoms with Crippen LogP contribution >= 0.6 is 0 Å². The van der Waals surface area contributed by atoms with Crippen molar-refractivity contribution in [2.75, 3.05) is 13.7 Å². The van der Waals surface area contributed by atoms with Gasteiger partial charge in [0.05, 0.1) is 12.8 Å². The maximum absolute atomic E-state index is 5.41. The van der Waals surface area contributed by atoms with Crippen LogP contribution in [0.5, 0.6) is 5.75 Å². The highest BCUT2D eigenvalue weighted by Gasteiger charge is 2.17. The highest BCUT2D eigenvalue weighted by atomic mass is 16.5. The summed E-state index contributed by atoms with van der Waals surface area (Å²) in [7, 11) is 1.71. The Labute approximate surface area is 120 Å². The minimum absolute atomic E-state index is 0.424. The van der Waals surface area contributed by atoms with Gasteiger partial charge in [0.2, 0.25) is 0 Å². The van der Waals surface area contributed by atoms with E-state index in [1.807, 2.05) is 18.2 Å². The van der Waals surface area contributed by atoms with Gasteiger partial charge in [-0.3, -0.25) is 4.98 Å². The molecular weight excluding hydrogens is 248 g/mol. The fourth-order valence-corrected chi connectivity index (χ4v) is 2.77. The lowest BCUT2D eigenvalue weighted by molar-refractivity contribution is 0.410. The van der Waals surface area contributed by atoms with Crippen LogP contribution in [0.2, 0.25) is 0 Å². The predicted molar refractivity (Wildman–Crippen MR) is 80.0 cm³/mol. The number of pyridine rings is 1. The molecule has 1 aliphatic heterocycles. The van der Waals surface area contributed by atoms with Gasteiger partial charge in [0.1, 0.15) is 5.75 Å². The van der Waals surface area contributed by atoms with Crippen molar-refractivity contribution in [3.63, 3.8) is 0 Å². The maximum atomic E-state index is 5.41. The van der Waals surface area contributed by atoms with E-state index in [4.69, 9.17) is 9.72 Å². The van der Waals surface area contributed by atoms with Gasteiger partial charge < -0.3 is 10.1 Å². The third-order valence-electron chi connectivity index (χ3n) is 3.81. The van der Waals surface area contributed by atoms with E-state index in [0.717, 1.165) is 30.1 Å². The van der Waals surface area contributed by atoms with Crippen molar-refractivity contribution < 1.29 is 4.74 Å². The van der Waals surface area contributed by atoms with E-state index in [1.165, 1.54) is 18.4 Å². The largest absolute Gasteiger partial charge is 0.496 e. The van der Waals surface area contributed by atoms with Crippen LogP contribution in [0, 0.1) is 0 Å². The number of rotatable bonds is 4. The predicted octanol–water partition coefficient (Wildman–Crippen LogP) is 3.11. The number of aromatic nitrogens is 1. The van der Waals surface area contributed by atoms with Crippen LogP contribution in [0.4, 0.5) is 0 Å². The van der Waals surface area contributed by atoms with Gasteiger partial charge in [0.25, 0.3) is 0 Å². The average Bonchev–Trinajstić information content (AvgIpc) is 3.02. The summed E-state index contributed by atoms with van der Waals surface area (Å²) in [5, 5.41) is 3.50. The zero-order valence-corrected chi connectivity index (χ0v) is 11.8. The molecule has 2 heterocycles. The average molecular weight is 268 g/mol. The molecular formula is C17H20N2O. The summed E-state index contributed by atoms with van der Waals surface area (Å²) in [6.07, 6.45) is 3.23. The monoisotopic (exact) mass is 268 g/mol. The normalized spacial score (nSPS) is 18.1. The lowest BCUT2D eigenvalue weighted by Crippen LogP contribution is -2.14. The fourth-order valence-electron chi connectivity index (χ4n) is 2.77. The van der Waals surface area contributed by atoms with Crippen LogP contribution in [0.25, 0.3) is 0 Å². The summed E-state index contributed by atoms with van der Waals surface area (Å²) in [5.41, 5.74) is 3.44. The number of benzene rings is 1. The molecule has 0 amide bonds. The van der Waals surface area contributed by atoms with Crippen LogP contribution in [0.15, 0.2) is 42.5 Å². The molecule has 1 fully saturated rings. The molecule has 1 N–H and O–H groups in total. The summed E-state index contributed by atoms with van der Waals surface area (Å²) in [6, 6.07) is 14.9. The number of para-hydroxylation sites is 1. The van der Waals surface area contributed by atoms with Crippen LogP contribution in [0.3, 0.4) is 0 Å². The van der Waals surface area contributed by atoms with Crippen LogP contribution in [-0.2, 0) is 6.42 Å². The van der Waals surface area contributed by atoms with E-state index in [0.29, 0.717) is 6.04 Å². The summed E-state index contributed by atoms with van der Waals surface area (Å²) in [6.45, 7) is 1.10. The zero-order chi connectivity index (χ0) is 13.8. The molecule has 104 valence electrons. The van der Waals surface area contributed by atoms with Gasteiger partial charge in [-0.1, -0.05) is 24.3 Å². The van der Waals surface area contributed by atoms with Crippen LogP contribution in [0.1, 0.15) is 35.8 Å². The molecule has 3 rings (SSSR count). The van der Waals surface area contributed by atoms with Gasteiger partial charge in [0, 0.05) is 23.7 Å². The minimum atomic E-state index is 0.424. The molecule has 20 heavy (non-hydrogen) atoms. The summed E-state index contributed by atoms with van der Waals surface area (Å²) < 4.78 is 5.41. The second-order valence-corrected chi connectivity index (χ2v) is 5.19. The Morgan fingerprint density at radius 2 is 2.10 bits per heavy atom. The van der Waals surface area contributed by atoms with Crippen molar-refractivity contribution in [1.82, 2.24) is 10.3 Å². The molecule has 0 bridgehead atoms. The lowest BCUT2D eigenvalue weighted by Gasteiger charge is -2.12. The molecule has 3 nitrogen and oxygen atoms in total. The number of ether oxygens (including phenoxy) is 1. The molecule has 0 spiro atoms. The number of hydrogen-bond donors (Lipinski definition) is 1. The van der Waals surface area contributed by atoms with Crippen molar-refractivity contribution in [3.05, 3.63) is 59.4 Å². The third-order valence-corrected chi connectivity index (χ3v) is 3.81. The van der Waals surface area contributed by atoms with Crippen LogP contribution < -0.4 is 10.1 Å². The molecule has 3 heteroatoms. The van der Waals surface area contributed by atoms with Gasteiger partial charge in [0.15, 0.2) is 0 Å². The van der Waals surface area contributed by atoms with Crippen molar-refractivity contribution in [1.29, 1.82) is 0 Å². The smallest absolute Gasteiger partial charge is 0.122 e. The highest BCUT2D eigenvalue weighted by Crippen LogP contribution is 2.23. The standard InChI is InChI=1S/C17H20N2O/c1-20-17-10-3-2-6-13(17)12-14-7-4-8-16(19-14)15-9-5-11-18-15/h2-4,6-8,10,15,18H,5,9,11-12H2,1H3. The van der Waals surface area contributed by atoms with Crippen molar-refractivity contribution in [2.45, 2.75) is 25.3 Å². The first kappa shape index (κ1) is 13.1. The summed E-state index contributed by atoms with van der Waals surface area (Å²) in [5.74, 6) is 0.929. The maximum Gasteiger partial charge on any atom is 0.122 e. The molecule has 1 aliphatic rings. The SMILES string of the molecule is COc1ccccc1Cc1cccc(C2CCCN2)n1. The lowest BCUT2D eigenvalue weighted by atomic mass is 10.1. The molecule has 1 unspecified atom stereocenters. The van der Waals surface area contributed by atoms with Crippen LogP contribution in [-0.4, -0.2) is 18.6 Å². The van der Waals surface area contributed by atoms with E-state index in [-0.39, 0.29) is 0 Å². The fraction of sp³-hybridized carbons (Fsp3) is 0.353. The first-order valence-corrected chi connectivity index (χ1v) is 7.18. The molecule has 1 saturated heterocycles. The summed E-state index contributed by atoms with van der Waals surface area (Å²) >= 11 is 0. The second-order valence-electron chi connectivity index (χ2n) is 5.19. The van der Waals surface area contributed by atoms with Gasteiger partial charge in [-0.25, -0.2) is 0 Å². The van der Waals surface area contributed by atoms with Crippen molar-refractivity contribution >= 4 is 0 Å². The number of hydrogen-bond acceptors (Lipinski definition) is 3. The van der Waals surface area contributed by atoms with E-state index < -0.39 is 0 Å².